The number of benzene rings is 2. The van der Waals surface area contributed by atoms with Crippen molar-refractivity contribution in [2.45, 2.75) is 19.1 Å². The Kier molecular flexibility index (Phi) is 5.43. The predicted octanol–water partition coefficient (Wildman–Crippen LogP) is 3.04. The van der Waals surface area contributed by atoms with Crippen LogP contribution < -0.4 is 0 Å². The van der Waals surface area contributed by atoms with Crippen LogP contribution in [0.1, 0.15) is 16.7 Å². The lowest BCUT2D eigenvalue weighted by Crippen LogP contribution is -2.27. The molecule has 146 valence electrons. The van der Waals surface area contributed by atoms with Crippen molar-refractivity contribution in [1.82, 2.24) is 25.1 Å². The first-order chi connectivity index (χ1) is 13.2. The molecule has 3 rings (SSSR count). The fraction of sp³-hybridized carbons (Fsp3) is 0.263. The minimum Gasteiger partial charge on any atom is -0.347 e. The quantitative estimate of drug-likeness (QED) is 0.673. The van der Waals surface area contributed by atoms with Crippen LogP contribution in [-0.4, -0.2) is 45.1 Å². The zero-order chi connectivity index (χ0) is 20.3. The van der Waals surface area contributed by atoms with Gasteiger partial charge in [-0.1, -0.05) is 36.4 Å². The molecule has 6 nitrogen and oxygen atoms in total. The summed E-state index contributed by atoms with van der Waals surface area (Å²) in [6.07, 6.45) is -3.94. The van der Waals surface area contributed by atoms with E-state index < -0.39 is 11.7 Å². The van der Waals surface area contributed by atoms with Gasteiger partial charge in [0.1, 0.15) is 6.54 Å². The summed E-state index contributed by atoms with van der Waals surface area (Å²) < 4.78 is 38.2. The third-order valence-corrected chi connectivity index (χ3v) is 4.16. The number of alkyl halides is 3. The summed E-state index contributed by atoms with van der Waals surface area (Å²) >= 11 is 0. The van der Waals surface area contributed by atoms with Crippen LogP contribution in [0.3, 0.4) is 0 Å². The number of carbonyl (C=O) groups is 1. The molecular formula is C19H18F3N5O. The fourth-order valence-corrected chi connectivity index (χ4v) is 2.60. The highest BCUT2D eigenvalue weighted by Gasteiger charge is 2.29. The van der Waals surface area contributed by atoms with Crippen LogP contribution in [0.2, 0.25) is 0 Å². The zero-order valence-electron chi connectivity index (χ0n) is 15.3. The molecule has 0 spiro atoms. The molecule has 0 aliphatic heterocycles. The Hall–Kier alpha value is -3.23. The number of rotatable bonds is 5. The number of amides is 1. The molecule has 0 atom stereocenters. The molecule has 0 unspecified atom stereocenters. The average molecular weight is 389 g/mol. The minimum absolute atomic E-state index is 0.0267. The summed E-state index contributed by atoms with van der Waals surface area (Å²) in [5.41, 5.74) is 1.61. The normalized spacial score (nSPS) is 11.5. The van der Waals surface area contributed by atoms with E-state index in [1.165, 1.54) is 21.8 Å². The minimum atomic E-state index is -4.36. The summed E-state index contributed by atoms with van der Waals surface area (Å²) in [7, 11) is 3.28. The second-order valence-corrected chi connectivity index (χ2v) is 6.46. The van der Waals surface area contributed by atoms with Gasteiger partial charge >= 0.3 is 6.18 Å². The number of carbonyl (C=O) groups excluding carboxylic acids is 1. The van der Waals surface area contributed by atoms with Gasteiger partial charge in [0.25, 0.3) is 0 Å². The Morgan fingerprint density at radius 3 is 2.39 bits per heavy atom. The highest BCUT2D eigenvalue weighted by Crippen LogP contribution is 2.30. The van der Waals surface area contributed by atoms with Gasteiger partial charge in [-0.3, -0.25) is 4.79 Å². The van der Waals surface area contributed by atoms with Gasteiger partial charge in [0.2, 0.25) is 11.7 Å². The molecule has 0 bridgehead atoms. The van der Waals surface area contributed by atoms with Crippen molar-refractivity contribution in [2.75, 3.05) is 14.1 Å². The molecule has 2 aromatic carbocycles. The molecule has 0 saturated heterocycles. The monoisotopic (exact) mass is 389 g/mol. The fourth-order valence-electron chi connectivity index (χ4n) is 2.60. The summed E-state index contributed by atoms with van der Waals surface area (Å²) in [6.45, 7) is -0.0267. The summed E-state index contributed by atoms with van der Waals surface area (Å²) in [5, 5.41) is 12.2. The van der Waals surface area contributed by atoms with Crippen molar-refractivity contribution < 1.29 is 18.0 Å². The van der Waals surface area contributed by atoms with Crippen molar-refractivity contribution >= 4 is 5.91 Å². The van der Waals surface area contributed by atoms with Crippen LogP contribution in [0.25, 0.3) is 11.4 Å². The molecule has 0 aliphatic rings. The van der Waals surface area contributed by atoms with Crippen LogP contribution in [-0.2, 0) is 23.9 Å². The second-order valence-electron chi connectivity index (χ2n) is 6.46. The van der Waals surface area contributed by atoms with E-state index in [0.717, 1.165) is 23.3 Å². The van der Waals surface area contributed by atoms with Crippen molar-refractivity contribution in [2.24, 2.45) is 0 Å². The van der Waals surface area contributed by atoms with E-state index >= 15 is 0 Å². The summed E-state index contributed by atoms with van der Waals surface area (Å²) in [6, 6.07) is 12.4. The molecule has 0 N–H and O–H groups in total. The molecule has 0 radical (unpaired) electrons. The predicted molar refractivity (Wildman–Crippen MR) is 96.2 cm³/mol. The number of nitrogens with zero attached hydrogens (tertiary/aromatic N) is 5. The molecule has 0 aliphatic carbocycles. The van der Waals surface area contributed by atoms with Crippen molar-refractivity contribution in [3.63, 3.8) is 0 Å². The summed E-state index contributed by atoms with van der Waals surface area (Å²) in [5.74, 6) is 0.191. The number of halogens is 3. The molecule has 1 amide bonds. The Labute approximate surface area is 159 Å². The van der Waals surface area contributed by atoms with Crippen LogP contribution in [0, 0.1) is 0 Å². The first kappa shape index (κ1) is 19.5. The maximum Gasteiger partial charge on any atom is 0.416 e. The number of hydrogen-bond donors (Lipinski definition) is 0. The first-order valence-electron chi connectivity index (χ1n) is 8.46. The Morgan fingerprint density at radius 2 is 1.75 bits per heavy atom. The van der Waals surface area contributed by atoms with Crippen molar-refractivity contribution in [3.8, 4) is 11.4 Å². The van der Waals surface area contributed by atoms with Crippen molar-refractivity contribution in [1.29, 1.82) is 0 Å². The molecule has 3 aromatic rings. The zero-order valence-corrected chi connectivity index (χ0v) is 15.3. The Balaban J connectivity index is 1.82. The Morgan fingerprint density at radius 1 is 1.07 bits per heavy atom. The first-order valence-corrected chi connectivity index (χ1v) is 8.46. The van der Waals surface area contributed by atoms with E-state index in [2.05, 4.69) is 15.4 Å². The highest BCUT2D eigenvalue weighted by molar-refractivity contribution is 5.75. The number of tetrazole rings is 1. The van der Waals surface area contributed by atoms with E-state index in [-0.39, 0.29) is 12.5 Å². The molecule has 28 heavy (non-hydrogen) atoms. The standard InChI is InChI=1S/C19H18F3N5O/c1-26(2)17(28)12-27-24-18(23-25-27)16-6-4-3-5-14(16)11-13-7-9-15(10-8-13)19(20,21)22/h3-10H,11-12H2,1-2H3. The molecule has 1 aromatic heterocycles. The van der Waals surface area contributed by atoms with E-state index in [1.807, 2.05) is 24.3 Å². The number of aromatic nitrogens is 4. The SMILES string of the molecule is CN(C)C(=O)Cn1nnc(-c2ccccc2Cc2ccc(C(F)(F)F)cc2)n1. The largest absolute Gasteiger partial charge is 0.416 e. The molecule has 0 saturated carbocycles. The smallest absolute Gasteiger partial charge is 0.347 e. The Bertz CT molecular complexity index is 964. The molecule has 9 heteroatoms. The maximum atomic E-state index is 12.7. The lowest BCUT2D eigenvalue weighted by Gasteiger charge is -2.09. The van der Waals surface area contributed by atoms with Gasteiger partial charge in [-0.2, -0.15) is 18.0 Å². The van der Waals surface area contributed by atoms with Crippen LogP contribution in [0.15, 0.2) is 48.5 Å². The maximum absolute atomic E-state index is 12.7. The van der Waals surface area contributed by atoms with Gasteiger partial charge in [-0.25, -0.2) is 0 Å². The van der Waals surface area contributed by atoms with Gasteiger partial charge in [-0.15, -0.1) is 10.2 Å². The third-order valence-electron chi connectivity index (χ3n) is 4.16. The van der Waals surface area contributed by atoms with E-state index in [0.29, 0.717) is 17.8 Å². The topological polar surface area (TPSA) is 63.9 Å². The van der Waals surface area contributed by atoms with Crippen molar-refractivity contribution in [3.05, 3.63) is 65.2 Å². The van der Waals surface area contributed by atoms with Gasteiger partial charge in [0, 0.05) is 19.7 Å². The van der Waals surface area contributed by atoms with Crippen LogP contribution in [0.5, 0.6) is 0 Å². The second kappa shape index (κ2) is 7.79. The van der Waals surface area contributed by atoms with Gasteiger partial charge in [-0.05, 0) is 34.9 Å². The van der Waals surface area contributed by atoms with Crippen LogP contribution in [0.4, 0.5) is 13.2 Å². The van der Waals surface area contributed by atoms with Gasteiger partial charge in [0.05, 0.1) is 5.56 Å². The van der Waals surface area contributed by atoms with Gasteiger partial charge < -0.3 is 4.90 Å². The van der Waals surface area contributed by atoms with E-state index in [9.17, 15) is 18.0 Å². The average Bonchev–Trinajstić information content (AvgIpc) is 3.10. The van der Waals surface area contributed by atoms with Gasteiger partial charge in [0.15, 0.2) is 0 Å². The summed E-state index contributed by atoms with van der Waals surface area (Å²) in [4.78, 5) is 14.4. The molecule has 0 fully saturated rings. The van der Waals surface area contributed by atoms with E-state index in [1.54, 1.807) is 14.1 Å². The number of hydrogen-bond acceptors (Lipinski definition) is 4. The highest BCUT2D eigenvalue weighted by atomic mass is 19.4. The lowest BCUT2D eigenvalue weighted by molar-refractivity contribution is -0.137. The van der Waals surface area contributed by atoms with Crippen LogP contribution >= 0.6 is 0 Å². The molecular weight excluding hydrogens is 371 g/mol. The lowest BCUT2D eigenvalue weighted by atomic mass is 9.98. The third kappa shape index (κ3) is 4.54. The molecule has 1 heterocycles. The van der Waals surface area contributed by atoms with E-state index in [4.69, 9.17) is 0 Å². The number of likely N-dealkylation sites (N-methyl/N-ethyl adjacent to an activating group) is 1.